The van der Waals surface area contributed by atoms with Gasteiger partial charge in [-0.25, -0.2) is 4.98 Å². The molecule has 4 aromatic rings. The summed E-state index contributed by atoms with van der Waals surface area (Å²) >= 11 is 0. The van der Waals surface area contributed by atoms with Crippen LogP contribution in [0.15, 0.2) is 97.3 Å². The van der Waals surface area contributed by atoms with Crippen molar-refractivity contribution in [1.29, 1.82) is 0 Å². The molecule has 1 heterocycles. The fraction of sp³-hybridized carbons (Fsp3) is 0.120. The molecule has 3 aromatic carbocycles. The Morgan fingerprint density at radius 2 is 1.14 bits per heavy atom. The number of aromatic nitrogens is 2. The van der Waals surface area contributed by atoms with Crippen LogP contribution in [-0.2, 0) is 5.54 Å². The Kier molecular flexibility index (Phi) is 4.66. The van der Waals surface area contributed by atoms with E-state index in [4.69, 9.17) is 0 Å². The Bertz CT molecular complexity index is 987. The monoisotopic (exact) mass is 366 g/mol. The third-order valence-electron chi connectivity index (χ3n) is 5.28. The molecule has 138 valence electrons. The van der Waals surface area contributed by atoms with Crippen molar-refractivity contribution in [1.82, 2.24) is 9.55 Å². The number of hydrogen-bond acceptors (Lipinski definition) is 2. The van der Waals surface area contributed by atoms with Crippen LogP contribution in [0.25, 0.3) is 0 Å². The molecule has 3 nitrogen and oxygen atoms in total. The van der Waals surface area contributed by atoms with Crippen LogP contribution in [0.1, 0.15) is 39.8 Å². The van der Waals surface area contributed by atoms with Crippen molar-refractivity contribution >= 4 is 5.78 Å². The summed E-state index contributed by atoms with van der Waals surface area (Å²) in [5, 5.41) is 0. The molecule has 0 aliphatic rings. The van der Waals surface area contributed by atoms with Crippen molar-refractivity contribution in [2.75, 3.05) is 0 Å². The lowest BCUT2D eigenvalue weighted by atomic mass is 9.76. The third kappa shape index (κ3) is 2.76. The summed E-state index contributed by atoms with van der Waals surface area (Å²) in [5.41, 5.74) is 4.07. The van der Waals surface area contributed by atoms with E-state index >= 15 is 0 Å². The minimum Gasteiger partial charge on any atom is -0.316 e. The van der Waals surface area contributed by atoms with Gasteiger partial charge in [-0.3, -0.25) is 4.79 Å². The predicted molar refractivity (Wildman–Crippen MR) is 112 cm³/mol. The number of carbonyl (C=O) groups is 1. The van der Waals surface area contributed by atoms with Gasteiger partial charge >= 0.3 is 0 Å². The van der Waals surface area contributed by atoms with Crippen molar-refractivity contribution in [2.45, 2.75) is 19.4 Å². The fourth-order valence-corrected chi connectivity index (χ4v) is 4.05. The van der Waals surface area contributed by atoms with E-state index in [1.54, 1.807) is 13.3 Å². The van der Waals surface area contributed by atoms with Gasteiger partial charge in [0.2, 0.25) is 0 Å². The van der Waals surface area contributed by atoms with E-state index in [9.17, 15) is 4.79 Å². The molecule has 0 aliphatic heterocycles. The van der Waals surface area contributed by atoms with Crippen LogP contribution in [0.3, 0.4) is 0 Å². The zero-order valence-electron chi connectivity index (χ0n) is 16.0. The van der Waals surface area contributed by atoms with Crippen LogP contribution < -0.4 is 0 Å². The Balaban J connectivity index is 2.15. The van der Waals surface area contributed by atoms with Crippen molar-refractivity contribution in [3.05, 3.63) is 125 Å². The highest BCUT2D eigenvalue weighted by atomic mass is 16.1. The number of imidazole rings is 1. The second-order valence-corrected chi connectivity index (χ2v) is 6.91. The number of hydrogen-bond donors (Lipinski definition) is 0. The highest BCUT2D eigenvalue weighted by Gasteiger charge is 2.39. The van der Waals surface area contributed by atoms with Gasteiger partial charge in [-0.1, -0.05) is 91.0 Å². The molecule has 0 fully saturated rings. The van der Waals surface area contributed by atoms with Crippen LogP contribution in [0.4, 0.5) is 0 Å². The van der Waals surface area contributed by atoms with Gasteiger partial charge in [-0.2, -0.15) is 0 Å². The number of rotatable bonds is 5. The Morgan fingerprint density at radius 3 is 1.46 bits per heavy atom. The maximum Gasteiger partial charge on any atom is 0.179 e. The number of carbonyl (C=O) groups excluding carboxylic acids is 1. The second kappa shape index (κ2) is 7.28. The van der Waals surface area contributed by atoms with Gasteiger partial charge < -0.3 is 4.57 Å². The molecule has 0 atom stereocenters. The van der Waals surface area contributed by atoms with Gasteiger partial charge in [0, 0.05) is 12.6 Å². The standard InChI is InChI=1S/C25H22N2O/c1-19-24(20(2)28)26-18-27(19)25(21-12-6-3-7-13-21,22-14-8-4-9-15-22)23-16-10-5-11-17-23/h3-18H,1-2H3. The normalized spacial score (nSPS) is 11.4. The first kappa shape index (κ1) is 17.9. The largest absolute Gasteiger partial charge is 0.316 e. The number of nitrogens with zero attached hydrogens (tertiary/aromatic N) is 2. The van der Waals surface area contributed by atoms with Gasteiger partial charge in [-0.15, -0.1) is 0 Å². The van der Waals surface area contributed by atoms with Crippen LogP contribution in [0.5, 0.6) is 0 Å². The van der Waals surface area contributed by atoms with E-state index < -0.39 is 5.54 Å². The summed E-state index contributed by atoms with van der Waals surface area (Å²) in [7, 11) is 0. The highest BCUT2D eigenvalue weighted by molar-refractivity contribution is 5.93. The van der Waals surface area contributed by atoms with Crippen LogP contribution in [0.2, 0.25) is 0 Å². The molecule has 28 heavy (non-hydrogen) atoms. The number of Topliss-reactive ketones (excluding diaryl/α,β-unsaturated/α-hetero) is 1. The lowest BCUT2D eigenvalue weighted by Gasteiger charge is -2.38. The summed E-state index contributed by atoms with van der Waals surface area (Å²) < 4.78 is 2.13. The van der Waals surface area contributed by atoms with E-state index in [2.05, 4.69) is 45.9 Å². The summed E-state index contributed by atoms with van der Waals surface area (Å²) in [6.45, 7) is 3.53. The van der Waals surface area contributed by atoms with Crippen LogP contribution >= 0.6 is 0 Å². The molecule has 0 amide bonds. The summed E-state index contributed by atoms with van der Waals surface area (Å²) in [6.07, 6.45) is 1.79. The van der Waals surface area contributed by atoms with Crippen molar-refractivity contribution in [2.24, 2.45) is 0 Å². The smallest absolute Gasteiger partial charge is 0.179 e. The van der Waals surface area contributed by atoms with E-state index in [1.165, 1.54) is 0 Å². The summed E-state index contributed by atoms with van der Waals surface area (Å²) in [6, 6.07) is 31.1. The Hall–Kier alpha value is -3.46. The molecule has 0 aliphatic carbocycles. The maximum atomic E-state index is 12.1. The van der Waals surface area contributed by atoms with E-state index in [-0.39, 0.29) is 5.78 Å². The van der Waals surface area contributed by atoms with Crippen molar-refractivity contribution < 1.29 is 4.79 Å². The average molecular weight is 366 g/mol. The van der Waals surface area contributed by atoms with Crippen molar-refractivity contribution in [3.63, 3.8) is 0 Å². The van der Waals surface area contributed by atoms with Gasteiger partial charge in [0.05, 0.1) is 6.33 Å². The molecule has 0 N–H and O–H groups in total. The maximum absolute atomic E-state index is 12.1. The molecule has 0 spiro atoms. The Labute approximate surface area is 165 Å². The molecule has 1 aromatic heterocycles. The van der Waals surface area contributed by atoms with Crippen LogP contribution in [0, 0.1) is 6.92 Å². The van der Waals surface area contributed by atoms with Gasteiger partial charge in [0.15, 0.2) is 5.78 Å². The van der Waals surface area contributed by atoms with E-state index in [0.717, 1.165) is 22.4 Å². The van der Waals surface area contributed by atoms with E-state index in [1.807, 2.05) is 61.5 Å². The average Bonchev–Trinajstić information content (AvgIpc) is 3.13. The highest BCUT2D eigenvalue weighted by Crippen LogP contribution is 2.41. The molecular formula is C25H22N2O. The summed E-state index contributed by atoms with van der Waals surface area (Å²) in [5.74, 6) is -0.0284. The number of ketones is 1. The first-order valence-electron chi connectivity index (χ1n) is 9.37. The zero-order chi connectivity index (χ0) is 19.6. The first-order chi connectivity index (χ1) is 13.7. The minimum atomic E-state index is -0.630. The lowest BCUT2D eigenvalue weighted by molar-refractivity contribution is 0.101. The quantitative estimate of drug-likeness (QED) is 0.358. The first-order valence-corrected chi connectivity index (χ1v) is 9.37. The van der Waals surface area contributed by atoms with Crippen LogP contribution in [-0.4, -0.2) is 15.3 Å². The molecule has 0 saturated heterocycles. The molecule has 0 bridgehead atoms. The third-order valence-corrected chi connectivity index (χ3v) is 5.28. The second-order valence-electron chi connectivity index (χ2n) is 6.91. The molecule has 3 heteroatoms. The molecule has 0 radical (unpaired) electrons. The number of benzene rings is 3. The molecule has 0 unspecified atom stereocenters. The van der Waals surface area contributed by atoms with Gasteiger partial charge in [0.1, 0.15) is 11.2 Å². The van der Waals surface area contributed by atoms with Crippen molar-refractivity contribution in [3.8, 4) is 0 Å². The lowest BCUT2D eigenvalue weighted by Crippen LogP contribution is -2.38. The van der Waals surface area contributed by atoms with E-state index in [0.29, 0.717) is 5.69 Å². The molecule has 0 saturated carbocycles. The topological polar surface area (TPSA) is 34.9 Å². The Morgan fingerprint density at radius 1 is 0.750 bits per heavy atom. The molecular weight excluding hydrogens is 344 g/mol. The van der Waals surface area contributed by atoms with Gasteiger partial charge in [0.25, 0.3) is 0 Å². The zero-order valence-corrected chi connectivity index (χ0v) is 16.0. The predicted octanol–water partition coefficient (Wildman–Crippen LogP) is 5.23. The SMILES string of the molecule is CC(=O)c1ncn(C(c2ccccc2)(c2ccccc2)c2ccccc2)c1C. The summed E-state index contributed by atoms with van der Waals surface area (Å²) in [4.78, 5) is 16.6. The van der Waals surface area contributed by atoms with Gasteiger partial charge in [-0.05, 0) is 23.6 Å². The fourth-order valence-electron chi connectivity index (χ4n) is 4.05. The molecule has 4 rings (SSSR count). The minimum absolute atomic E-state index is 0.0284.